The molecule has 0 heterocycles. The Balaban J connectivity index is 3.36. The zero-order valence-corrected chi connectivity index (χ0v) is 9.97. The van der Waals surface area contributed by atoms with Crippen molar-refractivity contribution in [3.05, 3.63) is 20.9 Å². The Hall–Kier alpha value is -2.48. The third kappa shape index (κ3) is 11.8. The Morgan fingerprint density at radius 2 is 1.26 bits per heavy atom. The number of hydrogen-bond donors (Lipinski definition) is 0. The van der Waals surface area contributed by atoms with Gasteiger partial charge >= 0.3 is 11.9 Å². The second kappa shape index (κ2) is 12.0. The average molecular weight is 272 g/mol. The van der Waals surface area contributed by atoms with Crippen LogP contribution in [-0.2, 0) is 23.8 Å². The monoisotopic (exact) mass is 272 g/mol. The van der Waals surface area contributed by atoms with Gasteiger partial charge in [0.05, 0.1) is 13.2 Å². The molecule has 0 N–H and O–H groups in total. The first-order valence-electron chi connectivity index (χ1n) is 5.11. The lowest BCUT2D eigenvalue weighted by atomic mass is 10.6. The maximum atomic E-state index is 10.8. The van der Waals surface area contributed by atoms with E-state index in [4.69, 9.17) is 15.8 Å². The molecular formula is C8H12N6O5. The van der Waals surface area contributed by atoms with Crippen LogP contribution in [0, 0.1) is 0 Å². The summed E-state index contributed by atoms with van der Waals surface area (Å²) in [6.07, 6.45) is 0. The number of esters is 2. The molecule has 0 aromatic carbocycles. The largest absolute Gasteiger partial charge is 0.463 e. The summed E-state index contributed by atoms with van der Waals surface area (Å²) in [5.41, 5.74) is 15.9. The number of carbonyl (C=O) groups is 2. The zero-order valence-electron chi connectivity index (χ0n) is 9.97. The van der Waals surface area contributed by atoms with Crippen LogP contribution >= 0.6 is 0 Å². The van der Waals surface area contributed by atoms with Crippen molar-refractivity contribution in [2.45, 2.75) is 0 Å². The third-order valence-electron chi connectivity index (χ3n) is 1.51. The number of rotatable bonds is 10. The summed E-state index contributed by atoms with van der Waals surface area (Å²) < 4.78 is 14.2. The molecule has 0 rings (SSSR count). The lowest BCUT2D eigenvalue weighted by Crippen LogP contribution is -2.16. The van der Waals surface area contributed by atoms with E-state index in [2.05, 4.69) is 29.5 Å². The highest BCUT2D eigenvalue weighted by atomic mass is 16.6. The molecule has 11 heteroatoms. The molecule has 0 aliphatic heterocycles. The van der Waals surface area contributed by atoms with Gasteiger partial charge in [-0.1, -0.05) is 10.2 Å². The molecule has 0 fully saturated rings. The van der Waals surface area contributed by atoms with Crippen LogP contribution in [0.25, 0.3) is 20.9 Å². The Morgan fingerprint density at radius 1 is 0.842 bits per heavy atom. The predicted octanol–water partition coefficient (Wildman–Crippen LogP) is 0.710. The van der Waals surface area contributed by atoms with E-state index >= 15 is 0 Å². The van der Waals surface area contributed by atoms with Crippen molar-refractivity contribution in [3.63, 3.8) is 0 Å². The maximum absolute atomic E-state index is 10.8. The lowest BCUT2D eigenvalue weighted by molar-refractivity contribution is -0.144. The summed E-state index contributed by atoms with van der Waals surface area (Å²) in [7, 11) is 0. The average Bonchev–Trinajstić information content (AvgIpc) is 2.41. The minimum atomic E-state index is -0.651. The fraction of sp³-hybridized carbons (Fsp3) is 0.750. The second-order valence-corrected chi connectivity index (χ2v) is 2.83. The van der Waals surface area contributed by atoms with Gasteiger partial charge in [-0.3, -0.25) is 9.59 Å². The Labute approximate surface area is 107 Å². The Morgan fingerprint density at radius 3 is 1.63 bits per heavy atom. The van der Waals surface area contributed by atoms with Gasteiger partial charge in [-0.05, 0) is 11.1 Å². The molecule has 11 nitrogen and oxygen atoms in total. The first kappa shape index (κ1) is 16.5. The summed E-state index contributed by atoms with van der Waals surface area (Å²) >= 11 is 0. The van der Waals surface area contributed by atoms with E-state index < -0.39 is 11.9 Å². The van der Waals surface area contributed by atoms with Crippen molar-refractivity contribution < 1.29 is 23.8 Å². The molecule has 0 aromatic rings. The molecule has 19 heavy (non-hydrogen) atoms. The van der Waals surface area contributed by atoms with Crippen LogP contribution in [0.2, 0.25) is 0 Å². The molecule has 104 valence electrons. The molecule has 0 aromatic heterocycles. The minimum Gasteiger partial charge on any atom is -0.463 e. The fourth-order valence-corrected chi connectivity index (χ4v) is 0.801. The van der Waals surface area contributed by atoms with Crippen molar-refractivity contribution in [3.8, 4) is 0 Å². The van der Waals surface area contributed by atoms with E-state index in [-0.39, 0.29) is 39.5 Å². The molecular weight excluding hydrogens is 260 g/mol. The van der Waals surface area contributed by atoms with Crippen LogP contribution in [0.1, 0.15) is 0 Å². The van der Waals surface area contributed by atoms with Crippen LogP contribution in [0.5, 0.6) is 0 Å². The summed E-state index contributed by atoms with van der Waals surface area (Å²) in [5, 5.41) is 6.03. The number of nitrogens with zero attached hydrogens (tertiary/aromatic N) is 6. The third-order valence-corrected chi connectivity index (χ3v) is 1.51. The molecule has 0 unspecified atom stereocenters. The molecule has 0 saturated heterocycles. The number of carbonyl (C=O) groups excluding carboxylic acids is 2. The normalized spacial score (nSPS) is 8.84. The number of ether oxygens (including phenoxy) is 3. The van der Waals surface area contributed by atoms with E-state index in [1.165, 1.54) is 0 Å². The molecule has 0 aliphatic carbocycles. The minimum absolute atomic E-state index is 0.00640. The van der Waals surface area contributed by atoms with E-state index in [9.17, 15) is 9.59 Å². The second-order valence-electron chi connectivity index (χ2n) is 2.83. The van der Waals surface area contributed by atoms with Gasteiger partial charge in [0.25, 0.3) is 0 Å². The van der Waals surface area contributed by atoms with Gasteiger partial charge in [-0.25, -0.2) is 0 Å². The first-order chi connectivity index (χ1) is 9.20. The Bertz CT molecular complexity index is 351. The first-order valence-corrected chi connectivity index (χ1v) is 5.11. The summed E-state index contributed by atoms with van der Waals surface area (Å²) in [6, 6.07) is 0. The van der Waals surface area contributed by atoms with Crippen molar-refractivity contribution in [2.75, 3.05) is 39.5 Å². The SMILES string of the molecule is [N-]=[N+]=NCC(=O)OCCOCCOC(=O)CN=[N+]=[N-]. The van der Waals surface area contributed by atoms with Crippen LogP contribution in [0.15, 0.2) is 10.2 Å². The van der Waals surface area contributed by atoms with Gasteiger partial charge in [0.2, 0.25) is 0 Å². The maximum Gasteiger partial charge on any atom is 0.311 e. The van der Waals surface area contributed by atoms with Gasteiger partial charge in [-0.15, -0.1) is 0 Å². The molecule has 0 spiro atoms. The van der Waals surface area contributed by atoms with Crippen molar-refractivity contribution in [1.29, 1.82) is 0 Å². The van der Waals surface area contributed by atoms with Gasteiger partial charge in [0.1, 0.15) is 26.3 Å². The molecule has 0 atom stereocenters. The van der Waals surface area contributed by atoms with Gasteiger partial charge in [0, 0.05) is 9.82 Å². The van der Waals surface area contributed by atoms with Gasteiger partial charge in [-0.2, -0.15) is 0 Å². The lowest BCUT2D eigenvalue weighted by Gasteiger charge is -2.05. The summed E-state index contributed by atoms with van der Waals surface area (Å²) in [4.78, 5) is 26.5. The molecule has 0 aliphatic rings. The fourth-order valence-electron chi connectivity index (χ4n) is 0.801. The van der Waals surface area contributed by atoms with E-state index in [1.807, 2.05) is 0 Å². The van der Waals surface area contributed by atoms with E-state index in [0.29, 0.717) is 0 Å². The predicted molar refractivity (Wildman–Crippen MR) is 60.8 cm³/mol. The smallest absolute Gasteiger partial charge is 0.311 e. The number of azide groups is 2. The summed E-state index contributed by atoms with van der Waals surface area (Å²) in [5.74, 6) is -1.30. The Kier molecular flexibility index (Phi) is 10.4. The van der Waals surface area contributed by atoms with Crippen LogP contribution < -0.4 is 0 Å². The molecule has 0 amide bonds. The van der Waals surface area contributed by atoms with Crippen LogP contribution in [0.3, 0.4) is 0 Å². The highest BCUT2D eigenvalue weighted by molar-refractivity contribution is 5.72. The quantitative estimate of drug-likeness (QED) is 0.188. The van der Waals surface area contributed by atoms with Crippen molar-refractivity contribution in [2.24, 2.45) is 10.2 Å². The van der Waals surface area contributed by atoms with Crippen molar-refractivity contribution >= 4 is 11.9 Å². The molecule has 0 saturated carbocycles. The zero-order chi connectivity index (χ0) is 14.3. The number of hydrogen-bond acceptors (Lipinski definition) is 7. The van der Waals surface area contributed by atoms with Gasteiger partial charge in [0.15, 0.2) is 0 Å². The highest BCUT2D eigenvalue weighted by Gasteiger charge is 2.01. The summed E-state index contributed by atoms with van der Waals surface area (Å²) in [6.45, 7) is -0.480. The van der Waals surface area contributed by atoms with E-state index in [1.54, 1.807) is 0 Å². The van der Waals surface area contributed by atoms with Crippen LogP contribution in [-0.4, -0.2) is 51.5 Å². The molecule has 0 radical (unpaired) electrons. The molecule has 0 bridgehead atoms. The van der Waals surface area contributed by atoms with Crippen molar-refractivity contribution in [1.82, 2.24) is 0 Å². The topological polar surface area (TPSA) is 159 Å². The van der Waals surface area contributed by atoms with E-state index in [0.717, 1.165) is 0 Å². The van der Waals surface area contributed by atoms with Crippen LogP contribution in [0.4, 0.5) is 0 Å². The highest BCUT2D eigenvalue weighted by Crippen LogP contribution is 1.85. The standard InChI is InChI=1S/C8H12N6O5/c9-13-11-5-7(15)18-3-1-17-2-4-19-8(16)6-12-14-10/h1-6H2. The van der Waals surface area contributed by atoms with Gasteiger partial charge < -0.3 is 14.2 Å².